The molecule has 0 unspecified atom stereocenters. The lowest BCUT2D eigenvalue weighted by molar-refractivity contribution is 0.577. The Bertz CT molecular complexity index is 993. The molecule has 3 aromatic rings. The fourth-order valence-corrected chi connectivity index (χ4v) is 3.95. The maximum Gasteiger partial charge on any atom is 0.127 e. The first kappa shape index (κ1) is 19.9. The summed E-state index contributed by atoms with van der Waals surface area (Å²) in [7, 11) is 0. The van der Waals surface area contributed by atoms with Crippen LogP contribution in [0.5, 0.6) is 0 Å². The third kappa shape index (κ3) is 4.68. The summed E-state index contributed by atoms with van der Waals surface area (Å²) in [6.07, 6.45) is 1.69. The van der Waals surface area contributed by atoms with Gasteiger partial charge >= 0.3 is 0 Å². The smallest absolute Gasteiger partial charge is 0.127 e. The van der Waals surface area contributed by atoms with Crippen LogP contribution in [-0.4, -0.2) is 14.5 Å². The van der Waals surface area contributed by atoms with E-state index in [-0.39, 0.29) is 12.5 Å². The second kappa shape index (κ2) is 8.86. The van der Waals surface area contributed by atoms with Gasteiger partial charge in [0, 0.05) is 22.1 Å². The van der Waals surface area contributed by atoms with E-state index in [4.69, 9.17) is 5.53 Å². The number of aromatic nitrogens is 3. The van der Waals surface area contributed by atoms with Gasteiger partial charge in [-0.05, 0) is 35.7 Å². The van der Waals surface area contributed by atoms with Gasteiger partial charge in [-0.15, -0.1) is 0 Å². The highest BCUT2D eigenvalue weighted by atomic mass is 32.2. The number of imidazole rings is 1. The summed E-state index contributed by atoms with van der Waals surface area (Å²) in [6.45, 7) is 4.44. The minimum atomic E-state index is -0.640. The molecule has 0 aliphatic carbocycles. The summed E-state index contributed by atoms with van der Waals surface area (Å²) >= 11 is 1.23. The lowest BCUT2D eigenvalue weighted by Gasteiger charge is -2.13. The van der Waals surface area contributed by atoms with Gasteiger partial charge in [0.2, 0.25) is 0 Å². The van der Waals surface area contributed by atoms with Crippen molar-refractivity contribution >= 4 is 11.8 Å². The summed E-state index contributed by atoms with van der Waals surface area (Å²) in [5.74, 6) is -0.639. The van der Waals surface area contributed by atoms with Crippen molar-refractivity contribution in [1.82, 2.24) is 14.5 Å². The molecule has 0 saturated carbocycles. The highest BCUT2D eigenvalue weighted by molar-refractivity contribution is 7.99. The van der Waals surface area contributed by atoms with Crippen molar-refractivity contribution in [3.8, 4) is 0 Å². The number of pyridine rings is 1. The Morgan fingerprint density at radius 3 is 2.57 bits per heavy atom. The molecule has 0 amide bonds. The van der Waals surface area contributed by atoms with E-state index < -0.39 is 11.6 Å². The van der Waals surface area contributed by atoms with Crippen molar-refractivity contribution in [1.29, 1.82) is 0 Å². The number of nitrogens with zero attached hydrogens (tertiary/aromatic N) is 6. The maximum atomic E-state index is 13.7. The van der Waals surface area contributed by atoms with E-state index in [9.17, 15) is 8.78 Å². The summed E-state index contributed by atoms with van der Waals surface area (Å²) in [5, 5.41) is 4.39. The number of hydrogen-bond acceptors (Lipinski definition) is 4. The Kier molecular flexibility index (Phi) is 6.28. The molecule has 0 bridgehead atoms. The predicted octanol–water partition coefficient (Wildman–Crippen LogP) is 5.69. The van der Waals surface area contributed by atoms with Gasteiger partial charge in [0.1, 0.15) is 22.5 Å². The molecule has 0 saturated heterocycles. The summed E-state index contributed by atoms with van der Waals surface area (Å²) < 4.78 is 29.2. The average Bonchev–Trinajstić information content (AvgIpc) is 2.97. The molecule has 2 aromatic heterocycles. The fourth-order valence-electron chi connectivity index (χ4n) is 2.72. The van der Waals surface area contributed by atoms with Crippen LogP contribution in [0.1, 0.15) is 37.0 Å². The quantitative estimate of drug-likeness (QED) is 0.290. The zero-order valence-electron chi connectivity index (χ0n) is 15.4. The Balaban J connectivity index is 2.10. The van der Waals surface area contributed by atoms with Gasteiger partial charge in [-0.3, -0.25) is 4.98 Å². The van der Waals surface area contributed by atoms with Crippen molar-refractivity contribution in [2.75, 3.05) is 0 Å². The van der Waals surface area contributed by atoms with Gasteiger partial charge in [0.15, 0.2) is 0 Å². The molecule has 0 N–H and O–H groups in total. The van der Waals surface area contributed by atoms with Crippen LogP contribution in [0, 0.1) is 11.6 Å². The van der Waals surface area contributed by atoms with Crippen LogP contribution >= 0.6 is 11.8 Å². The van der Waals surface area contributed by atoms with Gasteiger partial charge in [-0.25, -0.2) is 13.8 Å². The van der Waals surface area contributed by atoms with Crippen LogP contribution in [0.2, 0.25) is 0 Å². The van der Waals surface area contributed by atoms with Gasteiger partial charge in [-0.2, -0.15) is 0 Å². The molecular formula is C19H18F2N6S. The fraction of sp³-hybridized carbons (Fsp3) is 0.263. The van der Waals surface area contributed by atoms with Crippen LogP contribution < -0.4 is 0 Å². The summed E-state index contributed by atoms with van der Waals surface area (Å²) in [4.78, 5) is 12.2. The molecule has 0 atom stereocenters. The highest BCUT2D eigenvalue weighted by Gasteiger charge is 2.21. The van der Waals surface area contributed by atoms with E-state index in [1.807, 2.05) is 36.6 Å². The lowest BCUT2D eigenvalue weighted by Crippen LogP contribution is -2.07. The van der Waals surface area contributed by atoms with E-state index in [1.165, 1.54) is 23.9 Å². The van der Waals surface area contributed by atoms with Crippen molar-refractivity contribution in [3.05, 3.63) is 81.9 Å². The molecule has 6 nitrogen and oxygen atoms in total. The lowest BCUT2D eigenvalue weighted by atomic mass is 10.1. The molecule has 2 heterocycles. The molecular weight excluding hydrogens is 382 g/mol. The SMILES string of the molecule is CC(C)c1nc(CN=[N+]=[N-])n(Cc2ccccn2)c1Sc1cc(F)cc(F)c1. The third-order valence-electron chi connectivity index (χ3n) is 3.94. The molecule has 144 valence electrons. The van der Waals surface area contributed by atoms with Crippen LogP contribution in [0.25, 0.3) is 10.4 Å². The number of rotatable bonds is 7. The number of azide groups is 1. The molecule has 9 heteroatoms. The van der Waals surface area contributed by atoms with Crippen LogP contribution in [0.15, 0.2) is 57.6 Å². The minimum absolute atomic E-state index is 0.0655. The van der Waals surface area contributed by atoms with E-state index in [0.717, 1.165) is 22.5 Å². The molecule has 0 aliphatic heterocycles. The number of halogens is 2. The number of hydrogen-bond donors (Lipinski definition) is 0. The van der Waals surface area contributed by atoms with Gasteiger partial charge < -0.3 is 4.57 Å². The van der Waals surface area contributed by atoms with Crippen LogP contribution in [0.4, 0.5) is 8.78 Å². The van der Waals surface area contributed by atoms with Crippen molar-refractivity contribution in [3.63, 3.8) is 0 Å². The Labute approximate surface area is 165 Å². The van der Waals surface area contributed by atoms with Crippen LogP contribution in [0.3, 0.4) is 0 Å². The molecule has 0 spiro atoms. The first-order valence-electron chi connectivity index (χ1n) is 8.62. The standard InChI is InChI=1S/C19H18F2N6S/c1-12(2)18-19(28-16-8-13(20)7-14(21)9-16)27(17(25-18)10-24-26-22)11-15-5-3-4-6-23-15/h3-9,12H,10-11H2,1-2H3. The van der Waals surface area contributed by atoms with Crippen LogP contribution in [-0.2, 0) is 13.1 Å². The van der Waals surface area contributed by atoms with Gasteiger partial charge in [-0.1, -0.05) is 36.8 Å². The maximum absolute atomic E-state index is 13.7. The molecule has 1 aromatic carbocycles. The second-order valence-electron chi connectivity index (χ2n) is 6.38. The highest BCUT2D eigenvalue weighted by Crippen LogP contribution is 2.36. The minimum Gasteiger partial charge on any atom is -0.316 e. The monoisotopic (exact) mass is 400 g/mol. The van der Waals surface area contributed by atoms with Crippen molar-refractivity contribution in [2.45, 2.75) is 42.8 Å². The molecule has 28 heavy (non-hydrogen) atoms. The van der Waals surface area contributed by atoms with Crippen molar-refractivity contribution < 1.29 is 8.78 Å². The Hall–Kier alpha value is -2.90. The molecule has 0 aliphatic rings. The topological polar surface area (TPSA) is 79.5 Å². The largest absolute Gasteiger partial charge is 0.316 e. The normalized spacial score (nSPS) is 10.9. The summed E-state index contributed by atoms with van der Waals surface area (Å²) in [5.41, 5.74) is 10.3. The Morgan fingerprint density at radius 1 is 1.21 bits per heavy atom. The van der Waals surface area contributed by atoms with Gasteiger partial charge in [0.05, 0.1) is 24.5 Å². The number of benzene rings is 1. The molecule has 3 rings (SSSR count). The third-order valence-corrected chi connectivity index (χ3v) is 5.04. The van der Waals surface area contributed by atoms with E-state index in [1.54, 1.807) is 6.20 Å². The van der Waals surface area contributed by atoms with E-state index in [2.05, 4.69) is 20.0 Å². The predicted molar refractivity (Wildman–Crippen MR) is 103 cm³/mol. The van der Waals surface area contributed by atoms with Gasteiger partial charge in [0.25, 0.3) is 0 Å². The Morgan fingerprint density at radius 2 is 1.96 bits per heavy atom. The van der Waals surface area contributed by atoms with E-state index in [0.29, 0.717) is 17.3 Å². The average molecular weight is 400 g/mol. The zero-order valence-corrected chi connectivity index (χ0v) is 16.2. The molecule has 0 fully saturated rings. The second-order valence-corrected chi connectivity index (χ2v) is 7.44. The first-order chi connectivity index (χ1) is 13.5. The first-order valence-corrected chi connectivity index (χ1v) is 9.43. The van der Waals surface area contributed by atoms with E-state index >= 15 is 0 Å². The summed E-state index contributed by atoms with van der Waals surface area (Å²) in [6, 6.07) is 8.98. The zero-order chi connectivity index (χ0) is 20.1. The molecule has 0 radical (unpaired) electrons. The van der Waals surface area contributed by atoms with Crippen molar-refractivity contribution in [2.24, 2.45) is 5.11 Å².